The number of fused-ring (bicyclic) bond motifs is 1. The maximum absolute atomic E-state index is 11.9. The number of ether oxygens (including phenoxy) is 2. The van der Waals surface area contributed by atoms with E-state index in [4.69, 9.17) is 9.47 Å². The second kappa shape index (κ2) is 5.81. The molecule has 1 saturated heterocycles. The topological polar surface area (TPSA) is 52.6 Å². The molecule has 0 aromatic carbocycles. The van der Waals surface area contributed by atoms with E-state index in [2.05, 4.69) is 6.92 Å². The summed E-state index contributed by atoms with van der Waals surface area (Å²) in [5.74, 6) is -0.576. The lowest BCUT2D eigenvalue weighted by Crippen LogP contribution is -2.43. The van der Waals surface area contributed by atoms with Gasteiger partial charge in [-0.15, -0.1) is 0 Å². The van der Waals surface area contributed by atoms with Crippen LogP contribution in [0.15, 0.2) is 24.3 Å². The Morgan fingerprint density at radius 1 is 1.50 bits per heavy atom. The van der Waals surface area contributed by atoms with Gasteiger partial charge in [-0.05, 0) is 38.3 Å². The molecule has 0 saturated carbocycles. The van der Waals surface area contributed by atoms with Gasteiger partial charge in [-0.1, -0.05) is 19.4 Å². The molecule has 0 aromatic heterocycles. The first-order chi connectivity index (χ1) is 9.57. The molecule has 4 heteroatoms. The van der Waals surface area contributed by atoms with Crippen molar-refractivity contribution in [1.29, 1.82) is 0 Å². The third kappa shape index (κ3) is 2.51. The Morgan fingerprint density at radius 3 is 3.00 bits per heavy atom. The Balaban J connectivity index is 2.32. The van der Waals surface area contributed by atoms with Crippen LogP contribution in [0.3, 0.4) is 0 Å². The van der Waals surface area contributed by atoms with Crippen molar-refractivity contribution in [1.82, 2.24) is 0 Å². The molecule has 0 bridgehead atoms. The van der Waals surface area contributed by atoms with Gasteiger partial charge < -0.3 is 9.47 Å². The predicted molar refractivity (Wildman–Crippen MR) is 74.9 cm³/mol. The molecule has 2 aliphatic rings. The van der Waals surface area contributed by atoms with Gasteiger partial charge in [0, 0.05) is 11.5 Å². The third-order valence-electron chi connectivity index (χ3n) is 4.23. The highest BCUT2D eigenvalue weighted by atomic mass is 16.6. The first kappa shape index (κ1) is 14.8. The quantitative estimate of drug-likeness (QED) is 0.441. The number of esters is 2. The van der Waals surface area contributed by atoms with Crippen molar-refractivity contribution >= 4 is 11.9 Å². The van der Waals surface area contributed by atoms with E-state index in [0.29, 0.717) is 13.0 Å². The van der Waals surface area contributed by atoms with E-state index in [1.165, 1.54) is 6.08 Å². The molecule has 0 unspecified atom stereocenters. The lowest BCUT2D eigenvalue weighted by Gasteiger charge is -2.42. The monoisotopic (exact) mass is 278 g/mol. The maximum Gasteiger partial charge on any atom is 0.330 e. The molecule has 0 N–H and O–H groups in total. The van der Waals surface area contributed by atoms with E-state index in [0.717, 1.165) is 25.7 Å². The Morgan fingerprint density at radius 2 is 2.30 bits per heavy atom. The molecule has 1 aliphatic carbocycles. The second-order valence-corrected chi connectivity index (χ2v) is 5.50. The smallest absolute Gasteiger partial charge is 0.330 e. The zero-order valence-electron chi connectivity index (χ0n) is 12.2. The van der Waals surface area contributed by atoms with E-state index >= 15 is 0 Å². The van der Waals surface area contributed by atoms with Crippen LogP contribution in [0.4, 0.5) is 0 Å². The van der Waals surface area contributed by atoms with Crippen LogP contribution >= 0.6 is 0 Å². The van der Waals surface area contributed by atoms with Gasteiger partial charge in [-0.3, -0.25) is 4.79 Å². The zero-order valence-corrected chi connectivity index (χ0v) is 12.2. The first-order valence-corrected chi connectivity index (χ1v) is 7.33. The zero-order chi connectivity index (χ0) is 14.6. The first-order valence-electron chi connectivity index (χ1n) is 7.33. The molecule has 0 aromatic rings. The average molecular weight is 278 g/mol. The van der Waals surface area contributed by atoms with Crippen LogP contribution < -0.4 is 0 Å². The lowest BCUT2D eigenvalue weighted by atomic mass is 9.63. The van der Waals surface area contributed by atoms with E-state index in [1.807, 2.05) is 12.2 Å². The van der Waals surface area contributed by atoms with Crippen molar-refractivity contribution in [3.8, 4) is 0 Å². The van der Waals surface area contributed by atoms with Crippen molar-refractivity contribution in [3.05, 3.63) is 24.3 Å². The van der Waals surface area contributed by atoms with Gasteiger partial charge in [-0.2, -0.15) is 0 Å². The largest absolute Gasteiger partial charge is 0.463 e. The number of allylic oxidation sites excluding steroid dienone is 1. The maximum atomic E-state index is 11.9. The molecule has 110 valence electrons. The van der Waals surface area contributed by atoms with Crippen molar-refractivity contribution < 1.29 is 19.1 Å². The summed E-state index contributed by atoms with van der Waals surface area (Å²) >= 11 is 0. The summed E-state index contributed by atoms with van der Waals surface area (Å²) in [5, 5.41) is 0. The molecule has 0 spiro atoms. The number of rotatable bonds is 5. The molecular formula is C16H22O4. The van der Waals surface area contributed by atoms with E-state index in [1.54, 1.807) is 13.0 Å². The van der Waals surface area contributed by atoms with Crippen molar-refractivity contribution in [2.75, 3.05) is 6.61 Å². The highest BCUT2D eigenvalue weighted by Gasteiger charge is 2.57. The summed E-state index contributed by atoms with van der Waals surface area (Å²) in [4.78, 5) is 23.4. The van der Waals surface area contributed by atoms with Gasteiger partial charge >= 0.3 is 11.9 Å². The van der Waals surface area contributed by atoms with Crippen LogP contribution in [0.25, 0.3) is 0 Å². The third-order valence-corrected chi connectivity index (χ3v) is 4.23. The molecule has 20 heavy (non-hydrogen) atoms. The molecule has 0 radical (unpaired) electrons. The van der Waals surface area contributed by atoms with E-state index < -0.39 is 11.6 Å². The fourth-order valence-electron chi connectivity index (χ4n) is 3.40. The minimum atomic E-state index is -0.773. The normalized spacial score (nSPS) is 32.2. The van der Waals surface area contributed by atoms with Crippen LogP contribution in [0.2, 0.25) is 0 Å². The van der Waals surface area contributed by atoms with E-state index in [9.17, 15) is 9.59 Å². The van der Waals surface area contributed by atoms with Crippen LogP contribution in [0, 0.1) is 5.41 Å². The summed E-state index contributed by atoms with van der Waals surface area (Å²) in [6.45, 7) is 4.21. The highest BCUT2D eigenvalue weighted by molar-refractivity contribution is 5.83. The Hall–Kier alpha value is -1.58. The van der Waals surface area contributed by atoms with E-state index in [-0.39, 0.29) is 11.4 Å². The van der Waals surface area contributed by atoms with Crippen molar-refractivity contribution in [2.45, 2.75) is 51.6 Å². The van der Waals surface area contributed by atoms with Gasteiger partial charge in [0.2, 0.25) is 0 Å². The van der Waals surface area contributed by atoms with Gasteiger partial charge in [0.05, 0.1) is 13.0 Å². The van der Waals surface area contributed by atoms with Crippen molar-refractivity contribution in [2.24, 2.45) is 5.41 Å². The fourth-order valence-corrected chi connectivity index (χ4v) is 3.40. The Kier molecular flexibility index (Phi) is 4.31. The van der Waals surface area contributed by atoms with Gasteiger partial charge in [0.15, 0.2) is 5.60 Å². The molecule has 2 rings (SSSR count). The molecule has 0 amide bonds. The second-order valence-electron chi connectivity index (χ2n) is 5.50. The molecule has 1 heterocycles. The lowest BCUT2D eigenvalue weighted by molar-refractivity contribution is -0.144. The molecule has 1 fully saturated rings. The standard InChI is InChI=1S/C16H22O4/c1-3-8-15-9-5-6-10-16(15,20-14(18)12-15)11-7-13(17)19-4-2/h6-7,10-11H,3-5,8-9,12H2,1-2H3/b11-7+/t15-,16+/m0/s1. The molecule has 4 nitrogen and oxygen atoms in total. The molecular weight excluding hydrogens is 256 g/mol. The van der Waals surface area contributed by atoms with Crippen LogP contribution in [-0.4, -0.2) is 24.1 Å². The van der Waals surface area contributed by atoms with Crippen molar-refractivity contribution in [3.63, 3.8) is 0 Å². The SMILES string of the molecule is CCC[C@@]12CCC=C[C@]1(/C=C/C(=O)OCC)OC(=O)C2. The minimum absolute atomic E-state index is 0.182. The molecule has 2 atom stereocenters. The summed E-state index contributed by atoms with van der Waals surface area (Å²) in [6.07, 6.45) is 11.3. The summed E-state index contributed by atoms with van der Waals surface area (Å²) in [5.41, 5.74) is -0.984. The summed E-state index contributed by atoms with van der Waals surface area (Å²) in [7, 11) is 0. The van der Waals surface area contributed by atoms with Crippen LogP contribution in [0.5, 0.6) is 0 Å². The van der Waals surface area contributed by atoms with Crippen LogP contribution in [-0.2, 0) is 19.1 Å². The number of hydrogen-bond acceptors (Lipinski definition) is 4. The van der Waals surface area contributed by atoms with Gasteiger partial charge in [0.25, 0.3) is 0 Å². The molecule has 1 aliphatic heterocycles. The Labute approximate surface area is 119 Å². The van der Waals surface area contributed by atoms with Gasteiger partial charge in [0.1, 0.15) is 0 Å². The Bertz CT molecular complexity index is 451. The number of hydrogen-bond donors (Lipinski definition) is 0. The predicted octanol–water partition coefficient (Wildman–Crippen LogP) is 2.93. The summed E-state index contributed by atoms with van der Waals surface area (Å²) in [6, 6.07) is 0. The summed E-state index contributed by atoms with van der Waals surface area (Å²) < 4.78 is 10.5. The number of carbonyl (C=O) groups is 2. The van der Waals surface area contributed by atoms with Gasteiger partial charge in [-0.25, -0.2) is 4.79 Å². The average Bonchev–Trinajstić information content (AvgIpc) is 2.69. The minimum Gasteiger partial charge on any atom is -0.463 e. The number of carbonyl (C=O) groups excluding carboxylic acids is 2. The fraction of sp³-hybridized carbons (Fsp3) is 0.625. The highest BCUT2D eigenvalue weighted by Crippen LogP contribution is 2.54. The van der Waals surface area contributed by atoms with Crippen LogP contribution in [0.1, 0.15) is 46.0 Å².